The molecule has 10 rings (SSSR count). The Balaban J connectivity index is 1.18. The molecule has 0 N–H and O–H groups in total. The second-order valence-corrected chi connectivity index (χ2v) is 12.8. The van der Waals surface area contributed by atoms with Gasteiger partial charge in [-0.05, 0) is 75.0 Å². The van der Waals surface area contributed by atoms with Crippen molar-refractivity contribution in [2.45, 2.75) is 0 Å². The van der Waals surface area contributed by atoms with Gasteiger partial charge in [0.15, 0.2) is 17.5 Å². The SMILES string of the molecule is [2H]c1c([2H])c([2H])c(-c2cc(-c3cccc(-c4nc(-c5ccccc5)nc(-c5ccc(-c6ccccc6)c6oc7ccccc7c56)n4)c3)c3ccccc3c2)c([2H])c1[2H]. The Morgan fingerprint density at radius 1 is 0.396 bits per heavy atom. The quantitative estimate of drug-likeness (QED) is 0.175. The molecule has 10 aromatic rings. The molecule has 0 amide bonds. The maximum atomic E-state index is 8.72. The van der Waals surface area contributed by atoms with E-state index in [-0.39, 0.29) is 29.7 Å². The molecular weight excluding hydrogens is 647 g/mol. The molecule has 4 heteroatoms. The largest absolute Gasteiger partial charge is 0.455 e. The van der Waals surface area contributed by atoms with Gasteiger partial charge in [0.25, 0.3) is 0 Å². The van der Waals surface area contributed by atoms with Crippen molar-refractivity contribution >= 4 is 32.7 Å². The topological polar surface area (TPSA) is 51.8 Å². The van der Waals surface area contributed by atoms with E-state index < -0.39 is 6.04 Å². The molecule has 248 valence electrons. The lowest BCUT2D eigenvalue weighted by atomic mass is 9.92. The Kier molecular flexibility index (Phi) is 6.24. The molecule has 0 bridgehead atoms. The second-order valence-electron chi connectivity index (χ2n) is 12.8. The molecule has 2 heterocycles. The van der Waals surface area contributed by atoms with E-state index in [1.807, 2.05) is 127 Å². The van der Waals surface area contributed by atoms with Crippen molar-refractivity contribution in [3.63, 3.8) is 0 Å². The summed E-state index contributed by atoms with van der Waals surface area (Å²) in [4.78, 5) is 15.3. The molecule has 0 spiro atoms. The minimum absolute atomic E-state index is 0.153. The van der Waals surface area contributed by atoms with Crippen LogP contribution in [0.1, 0.15) is 6.85 Å². The lowest BCUT2D eigenvalue weighted by Crippen LogP contribution is -2.00. The van der Waals surface area contributed by atoms with Gasteiger partial charge < -0.3 is 4.42 Å². The fourth-order valence-corrected chi connectivity index (χ4v) is 7.12. The zero-order chi connectivity index (χ0) is 39.5. The first-order valence-corrected chi connectivity index (χ1v) is 17.4. The van der Waals surface area contributed by atoms with Crippen LogP contribution in [0, 0.1) is 0 Å². The van der Waals surface area contributed by atoms with Crippen LogP contribution in [0.25, 0.3) is 100 Å². The fraction of sp³-hybridized carbons (Fsp3) is 0. The zero-order valence-electron chi connectivity index (χ0n) is 33.3. The number of aromatic nitrogens is 3. The van der Waals surface area contributed by atoms with Gasteiger partial charge in [-0.25, -0.2) is 15.0 Å². The molecular formula is C49H31N3O. The van der Waals surface area contributed by atoms with Crippen LogP contribution < -0.4 is 0 Å². The zero-order valence-corrected chi connectivity index (χ0v) is 28.3. The smallest absolute Gasteiger partial charge is 0.164 e. The van der Waals surface area contributed by atoms with E-state index in [2.05, 4.69) is 30.3 Å². The molecule has 0 atom stereocenters. The highest BCUT2D eigenvalue weighted by Gasteiger charge is 2.21. The molecule has 8 aromatic carbocycles. The Hall–Kier alpha value is -7.17. The number of hydrogen-bond donors (Lipinski definition) is 0. The lowest BCUT2D eigenvalue weighted by molar-refractivity contribution is 0.670. The summed E-state index contributed by atoms with van der Waals surface area (Å²) in [7, 11) is 0. The number of nitrogens with zero attached hydrogens (tertiary/aromatic N) is 3. The van der Waals surface area contributed by atoms with Gasteiger partial charge in [-0.2, -0.15) is 0 Å². The van der Waals surface area contributed by atoms with E-state index in [4.69, 9.17) is 26.2 Å². The van der Waals surface area contributed by atoms with Crippen molar-refractivity contribution < 1.29 is 11.3 Å². The highest BCUT2D eigenvalue weighted by atomic mass is 16.3. The summed E-state index contributed by atoms with van der Waals surface area (Å²) in [6, 6.07) is 50.1. The molecule has 53 heavy (non-hydrogen) atoms. The van der Waals surface area contributed by atoms with Gasteiger partial charge in [0.1, 0.15) is 11.2 Å². The number of rotatable bonds is 6. The van der Waals surface area contributed by atoms with Crippen LogP contribution in [-0.4, -0.2) is 15.0 Å². The average molecular weight is 683 g/mol. The van der Waals surface area contributed by atoms with E-state index in [0.29, 0.717) is 23.0 Å². The molecule has 2 aromatic heterocycles. The Morgan fingerprint density at radius 3 is 1.83 bits per heavy atom. The Labute approximate surface area is 313 Å². The summed E-state index contributed by atoms with van der Waals surface area (Å²) in [6.45, 7) is 0. The Morgan fingerprint density at radius 2 is 1.02 bits per heavy atom. The van der Waals surface area contributed by atoms with Gasteiger partial charge in [0, 0.05) is 33.0 Å². The maximum absolute atomic E-state index is 8.72. The summed E-state index contributed by atoms with van der Waals surface area (Å²) in [6.07, 6.45) is 0. The fourth-order valence-electron chi connectivity index (χ4n) is 7.12. The van der Waals surface area contributed by atoms with Crippen molar-refractivity contribution in [3.8, 4) is 67.5 Å². The van der Waals surface area contributed by atoms with Crippen molar-refractivity contribution in [3.05, 3.63) is 188 Å². The maximum Gasteiger partial charge on any atom is 0.164 e. The van der Waals surface area contributed by atoms with Gasteiger partial charge in [0.05, 0.1) is 6.85 Å². The minimum atomic E-state index is -0.423. The second kappa shape index (κ2) is 12.9. The monoisotopic (exact) mass is 682 g/mol. The third-order valence-corrected chi connectivity index (χ3v) is 9.60. The van der Waals surface area contributed by atoms with Crippen LogP contribution in [0.3, 0.4) is 0 Å². The van der Waals surface area contributed by atoms with E-state index in [9.17, 15) is 0 Å². The molecule has 0 fully saturated rings. The first-order valence-electron chi connectivity index (χ1n) is 19.9. The van der Waals surface area contributed by atoms with E-state index in [1.165, 1.54) is 0 Å². The van der Waals surface area contributed by atoms with Crippen molar-refractivity contribution in [1.29, 1.82) is 0 Å². The number of fused-ring (bicyclic) bond motifs is 4. The molecule has 0 unspecified atom stereocenters. The molecule has 0 aliphatic heterocycles. The van der Waals surface area contributed by atoms with Gasteiger partial charge in [0.2, 0.25) is 0 Å². The first-order chi connectivity index (χ1) is 28.3. The van der Waals surface area contributed by atoms with Gasteiger partial charge in [-0.3, -0.25) is 0 Å². The number of furan rings is 1. The first kappa shape index (κ1) is 25.7. The third-order valence-electron chi connectivity index (χ3n) is 9.60. The molecule has 0 aliphatic rings. The van der Waals surface area contributed by atoms with Crippen LogP contribution in [0.4, 0.5) is 0 Å². The summed E-state index contributed by atoms with van der Waals surface area (Å²) in [5.41, 5.74) is 8.31. The Bertz CT molecular complexity index is 3210. The molecule has 0 saturated carbocycles. The normalized spacial score (nSPS) is 12.7. The predicted octanol–water partition coefficient (Wildman–Crippen LogP) is 12.9. The molecule has 0 radical (unpaired) electrons. The van der Waals surface area contributed by atoms with E-state index >= 15 is 0 Å². The summed E-state index contributed by atoms with van der Waals surface area (Å²) >= 11 is 0. The summed E-state index contributed by atoms with van der Waals surface area (Å²) in [5.74, 6) is 1.50. The number of benzene rings is 8. The van der Waals surface area contributed by atoms with Crippen LogP contribution in [0.5, 0.6) is 0 Å². The summed E-state index contributed by atoms with van der Waals surface area (Å²) in [5, 5.41) is 3.69. The van der Waals surface area contributed by atoms with Crippen LogP contribution in [0.2, 0.25) is 0 Å². The molecule has 0 saturated heterocycles. The third kappa shape index (κ3) is 5.54. The number of para-hydroxylation sites is 1. The van der Waals surface area contributed by atoms with Crippen molar-refractivity contribution in [1.82, 2.24) is 15.0 Å². The standard InChI is InChI=1S/C49H31N3O/c1-4-15-32(16-5-1)38-30-35-21-10-11-24-39(35)43(31-38)36-22-14-23-37(29-36)48-50-47(34-19-8-3-9-20-34)51-49(52-48)42-28-27-40(33-17-6-2-7-18-33)46-45(42)41-25-12-13-26-44(41)53-46/h1-31H/i1D,4D,5D,15D,16D. The minimum Gasteiger partial charge on any atom is -0.455 e. The summed E-state index contributed by atoms with van der Waals surface area (Å²) < 4.78 is 48.9. The van der Waals surface area contributed by atoms with Crippen LogP contribution >= 0.6 is 0 Å². The van der Waals surface area contributed by atoms with Gasteiger partial charge in [-0.1, -0.05) is 152 Å². The van der Waals surface area contributed by atoms with E-state index in [0.717, 1.165) is 71.7 Å². The van der Waals surface area contributed by atoms with Gasteiger partial charge >= 0.3 is 0 Å². The van der Waals surface area contributed by atoms with Gasteiger partial charge in [-0.15, -0.1) is 0 Å². The van der Waals surface area contributed by atoms with Crippen LogP contribution in [0.15, 0.2) is 192 Å². The predicted molar refractivity (Wildman–Crippen MR) is 217 cm³/mol. The number of hydrogen-bond acceptors (Lipinski definition) is 4. The molecule has 4 nitrogen and oxygen atoms in total. The average Bonchev–Trinajstić information content (AvgIpc) is 3.67. The lowest BCUT2D eigenvalue weighted by Gasteiger charge is -2.13. The van der Waals surface area contributed by atoms with Crippen LogP contribution in [-0.2, 0) is 0 Å². The van der Waals surface area contributed by atoms with E-state index in [1.54, 1.807) is 0 Å². The van der Waals surface area contributed by atoms with Crippen molar-refractivity contribution in [2.75, 3.05) is 0 Å². The van der Waals surface area contributed by atoms with Crippen molar-refractivity contribution in [2.24, 2.45) is 0 Å². The highest BCUT2D eigenvalue weighted by molar-refractivity contribution is 6.15. The highest BCUT2D eigenvalue weighted by Crippen LogP contribution is 2.42. The molecule has 0 aliphatic carbocycles.